The normalized spacial score (nSPS) is 10.6. The zero-order valence-corrected chi connectivity index (χ0v) is 11.8. The summed E-state index contributed by atoms with van der Waals surface area (Å²) in [5, 5.41) is 3.91. The Bertz CT molecular complexity index is 599. The third-order valence-corrected chi connectivity index (χ3v) is 2.96. The molecule has 2 heterocycles. The van der Waals surface area contributed by atoms with Gasteiger partial charge in [0.05, 0.1) is 5.02 Å². The summed E-state index contributed by atoms with van der Waals surface area (Å²) in [7, 11) is 0. The molecule has 0 atom stereocenters. The van der Waals surface area contributed by atoms with Crippen LogP contribution in [0, 0.1) is 0 Å². The molecular formula is C9H3BrCl3N3O. The minimum absolute atomic E-state index is 0.148. The molecule has 8 heteroatoms. The molecule has 0 aliphatic carbocycles. The molecule has 0 spiro atoms. The Morgan fingerprint density at radius 1 is 1.35 bits per heavy atom. The maximum absolute atomic E-state index is 11.2. The lowest BCUT2D eigenvalue weighted by Crippen LogP contribution is -2.07. The zero-order chi connectivity index (χ0) is 12.6. The van der Waals surface area contributed by atoms with E-state index in [0.717, 1.165) is 0 Å². The number of carbonyl (C=O) groups excluding carboxylic acids is 1. The van der Waals surface area contributed by atoms with Gasteiger partial charge in [0, 0.05) is 6.07 Å². The van der Waals surface area contributed by atoms with Crippen LogP contribution in [0.3, 0.4) is 0 Å². The first-order valence-electron chi connectivity index (χ1n) is 4.27. The molecule has 0 saturated heterocycles. The van der Waals surface area contributed by atoms with E-state index >= 15 is 0 Å². The molecule has 0 unspecified atom stereocenters. The number of carbonyl (C=O) groups is 1. The molecule has 2 rings (SSSR count). The maximum atomic E-state index is 11.2. The fourth-order valence-electron chi connectivity index (χ4n) is 1.21. The smallest absolute Gasteiger partial charge is 0.271 e. The van der Waals surface area contributed by atoms with Gasteiger partial charge in [-0.2, -0.15) is 5.10 Å². The Morgan fingerprint density at radius 3 is 2.71 bits per heavy atom. The van der Waals surface area contributed by atoms with Crippen LogP contribution < -0.4 is 0 Å². The average molecular weight is 355 g/mol. The van der Waals surface area contributed by atoms with E-state index in [1.807, 2.05) is 0 Å². The number of rotatable bonds is 2. The lowest BCUT2D eigenvalue weighted by atomic mass is 10.4. The van der Waals surface area contributed by atoms with Crippen LogP contribution in [-0.2, 0) is 0 Å². The van der Waals surface area contributed by atoms with Gasteiger partial charge in [0.2, 0.25) is 0 Å². The Morgan fingerprint density at radius 2 is 2.06 bits per heavy atom. The van der Waals surface area contributed by atoms with Crippen molar-refractivity contribution in [1.29, 1.82) is 0 Å². The molecule has 0 aromatic carbocycles. The molecule has 17 heavy (non-hydrogen) atoms. The molecule has 2 aromatic heterocycles. The van der Waals surface area contributed by atoms with Crippen LogP contribution >= 0.6 is 50.7 Å². The highest BCUT2D eigenvalue weighted by Gasteiger charge is 2.17. The van der Waals surface area contributed by atoms with E-state index in [1.165, 1.54) is 16.8 Å². The van der Waals surface area contributed by atoms with E-state index in [4.69, 9.17) is 34.8 Å². The van der Waals surface area contributed by atoms with Crippen molar-refractivity contribution in [2.24, 2.45) is 0 Å². The van der Waals surface area contributed by atoms with Gasteiger partial charge in [-0.1, -0.05) is 23.2 Å². The molecule has 0 radical (unpaired) electrons. The van der Waals surface area contributed by atoms with E-state index in [-0.39, 0.29) is 16.7 Å². The number of hydrogen-bond donors (Lipinski definition) is 0. The monoisotopic (exact) mass is 353 g/mol. The molecule has 0 N–H and O–H groups in total. The van der Waals surface area contributed by atoms with E-state index in [0.29, 0.717) is 9.63 Å². The van der Waals surface area contributed by atoms with E-state index in [2.05, 4.69) is 26.0 Å². The molecule has 2 aromatic rings. The van der Waals surface area contributed by atoms with Crippen LogP contribution in [0.1, 0.15) is 10.5 Å². The molecule has 0 aliphatic heterocycles. The van der Waals surface area contributed by atoms with E-state index in [9.17, 15) is 4.79 Å². The Balaban J connectivity index is 2.67. The first-order chi connectivity index (χ1) is 7.99. The topological polar surface area (TPSA) is 47.8 Å². The fourth-order valence-corrected chi connectivity index (χ4v) is 2.05. The average Bonchev–Trinajstić information content (AvgIpc) is 2.64. The first-order valence-corrected chi connectivity index (χ1v) is 6.19. The first kappa shape index (κ1) is 12.8. The maximum Gasteiger partial charge on any atom is 0.271 e. The van der Waals surface area contributed by atoms with Gasteiger partial charge in [0.15, 0.2) is 5.82 Å². The van der Waals surface area contributed by atoms with Gasteiger partial charge >= 0.3 is 0 Å². The molecule has 0 saturated carbocycles. The molecule has 0 amide bonds. The Hall–Kier alpha value is -0.620. The summed E-state index contributed by atoms with van der Waals surface area (Å²) in [6.07, 6.45) is 0. The third kappa shape index (κ3) is 2.63. The second-order valence-corrected chi connectivity index (χ2v) is 4.93. The van der Waals surface area contributed by atoms with Crippen molar-refractivity contribution >= 4 is 56.0 Å². The summed E-state index contributed by atoms with van der Waals surface area (Å²) in [6.45, 7) is 0. The summed E-state index contributed by atoms with van der Waals surface area (Å²) in [5.74, 6) is 0.244. The summed E-state index contributed by atoms with van der Waals surface area (Å²) in [4.78, 5) is 15.2. The van der Waals surface area contributed by atoms with Crippen LogP contribution in [0.4, 0.5) is 0 Å². The summed E-state index contributed by atoms with van der Waals surface area (Å²) >= 11 is 20.3. The van der Waals surface area contributed by atoms with Gasteiger partial charge in [-0.05, 0) is 39.7 Å². The highest BCUT2D eigenvalue weighted by atomic mass is 79.9. The van der Waals surface area contributed by atoms with Crippen molar-refractivity contribution in [3.05, 3.63) is 38.7 Å². The molecule has 4 nitrogen and oxygen atoms in total. The molecule has 0 fully saturated rings. The highest BCUT2D eigenvalue weighted by Crippen LogP contribution is 2.24. The highest BCUT2D eigenvalue weighted by molar-refractivity contribution is 9.10. The lowest BCUT2D eigenvalue weighted by molar-refractivity contribution is 0.107. The van der Waals surface area contributed by atoms with Crippen LogP contribution in [0.2, 0.25) is 10.2 Å². The SMILES string of the molecule is O=C(Cl)c1cc(Br)nn1-c1nc(Cl)ccc1Cl. The predicted molar refractivity (Wildman–Crippen MR) is 69.3 cm³/mol. The Kier molecular flexibility index (Phi) is 3.73. The van der Waals surface area contributed by atoms with E-state index in [1.54, 1.807) is 6.07 Å². The van der Waals surface area contributed by atoms with Crippen molar-refractivity contribution in [2.45, 2.75) is 0 Å². The van der Waals surface area contributed by atoms with Crippen molar-refractivity contribution in [3.63, 3.8) is 0 Å². The summed E-state index contributed by atoms with van der Waals surface area (Å²) < 4.78 is 1.67. The predicted octanol–water partition coefficient (Wildman–Crippen LogP) is 3.72. The lowest BCUT2D eigenvalue weighted by Gasteiger charge is -2.05. The van der Waals surface area contributed by atoms with Crippen molar-refractivity contribution in [1.82, 2.24) is 14.8 Å². The minimum Gasteiger partial charge on any atom is -0.274 e. The van der Waals surface area contributed by atoms with Gasteiger partial charge in [0.25, 0.3) is 5.24 Å². The second-order valence-electron chi connectivity index (χ2n) is 2.98. The third-order valence-electron chi connectivity index (χ3n) is 1.88. The van der Waals surface area contributed by atoms with Crippen molar-refractivity contribution in [2.75, 3.05) is 0 Å². The molecule has 88 valence electrons. The number of aromatic nitrogens is 3. The number of halogens is 4. The van der Waals surface area contributed by atoms with Gasteiger partial charge < -0.3 is 0 Å². The Labute approximate surface area is 120 Å². The molecular weight excluding hydrogens is 352 g/mol. The van der Waals surface area contributed by atoms with Gasteiger partial charge in [-0.3, -0.25) is 4.79 Å². The quantitative estimate of drug-likeness (QED) is 0.609. The van der Waals surface area contributed by atoms with Crippen LogP contribution in [0.5, 0.6) is 0 Å². The molecule has 0 aliphatic rings. The van der Waals surface area contributed by atoms with Crippen LogP contribution in [-0.4, -0.2) is 20.0 Å². The number of nitrogens with zero attached hydrogens (tertiary/aromatic N) is 3. The molecule has 0 bridgehead atoms. The second kappa shape index (κ2) is 4.94. The fraction of sp³-hybridized carbons (Fsp3) is 0. The van der Waals surface area contributed by atoms with Crippen molar-refractivity contribution < 1.29 is 4.79 Å². The summed E-state index contributed by atoms with van der Waals surface area (Å²) in [6, 6.07) is 4.56. The van der Waals surface area contributed by atoms with Crippen LogP contribution in [0.15, 0.2) is 22.8 Å². The standard InChI is InChI=1S/C9H3BrCl3N3O/c10-6-3-5(8(13)17)16(15-6)9-4(11)1-2-7(12)14-9/h1-3H. The zero-order valence-electron chi connectivity index (χ0n) is 7.99. The van der Waals surface area contributed by atoms with Gasteiger partial charge in [0.1, 0.15) is 15.5 Å². The minimum atomic E-state index is -0.666. The van der Waals surface area contributed by atoms with Gasteiger partial charge in [-0.15, -0.1) is 0 Å². The largest absolute Gasteiger partial charge is 0.274 e. The van der Waals surface area contributed by atoms with Crippen LogP contribution in [0.25, 0.3) is 5.82 Å². The number of pyridine rings is 1. The van der Waals surface area contributed by atoms with Gasteiger partial charge in [-0.25, -0.2) is 9.67 Å². The summed E-state index contributed by atoms with van der Waals surface area (Å²) in [5.41, 5.74) is 0.148. The van der Waals surface area contributed by atoms with E-state index < -0.39 is 5.24 Å². The number of hydrogen-bond acceptors (Lipinski definition) is 3. The van der Waals surface area contributed by atoms with Crippen molar-refractivity contribution in [3.8, 4) is 5.82 Å².